The van der Waals surface area contributed by atoms with Gasteiger partial charge in [-0.3, -0.25) is 0 Å². The fraction of sp³-hybridized carbons (Fsp3) is 0.0667. The highest BCUT2D eigenvalue weighted by Gasteiger charge is 2.20. The highest BCUT2D eigenvalue weighted by molar-refractivity contribution is 9.10. The molecule has 20 heavy (non-hydrogen) atoms. The van der Waals surface area contributed by atoms with Crippen LogP contribution in [0.1, 0.15) is 26.3 Å². The van der Waals surface area contributed by atoms with Crippen LogP contribution in [0, 0.1) is 6.92 Å². The second kappa shape index (κ2) is 5.46. The van der Waals surface area contributed by atoms with E-state index < -0.39 is 11.9 Å². The Balaban J connectivity index is 2.71. The molecule has 4 nitrogen and oxygen atoms in total. The Labute approximate surface area is 123 Å². The molecule has 0 aliphatic carbocycles. The van der Waals surface area contributed by atoms with E-state index in [0.29, 0.717) is 5.56 Å². The van der Waals surface area contributed by atoms with Gasteiger partial charge in [0.05, 0.1) is 11.1 Å². The van der Waals surface area contributed by atoms with E-state index in [4.69, 9.17) is 5.11 Å². The molecule has 0 fully saturated rings. The number of aromatic carboxylic acids is 2. The van der Waals surface area contributed by atoms with Gasteiger partial charge in [-0.2, -0.15) is 0 Å². The van der Waals surface area contributed by atoms with Gasteiger partial charge < -0.3 is 10.2 Å². The lowest BCUT2D eigenvalue weighted by Crippen LogP contribution is -2.09. The molecule has 0 aliphatic heterocycles. The molecule has 5 heteroatoms. The summed E-state index contributed by atoms with van der Waals surface area (Å²) in [4.78, 5) is 22.5. The van der Waals surface area contributed by atoms with Crippen molar-refractivity contribution >= 4 is 27.9 Å². The van der Waals surface area contributed by atoms with Crippen LogP contribution in [0.15, 0.2) is 40.9 Å². The van der Waals surface area contributed by atoms with Crippen molar-refractivity contribution < 1.29 is 19.8 Å². The molecule has 0 unspecified atom stereocenters. The first kappa shape index (κ1) is 14.3. The zero-order chi connectivity index (χ0) is 14.9. The van der Waals surface area contributed by atoms with Gasteiger partial charge in [0.1, 0.15) is 0 Å². The molecule has 0 radical (unpaired) electrons. The van der Waals surface area contributed by atoms with Gasteiger partial charge in [-0.25, -0.2) is 9.59 Å². The van der Waals surface area contributed by atoms with Crippen LogP contribution in [-0.4, -0.2) is 22.2 Å². The van der Waals surface area contributed by atoms with E-state index in [-0.39, 0.29) is 16.7 Å². The molecule has 0 aliphatic rings. The summed E-state index contributed by atoms with van der Waals surface area (Å²) < 4.78 is 0.886. The number of carboxylic acids is 2. The number of rotatable bonds is 3. The van der Waals surface area contributed by atoms with Gasteiger partial charge in [-0.1, -0.05) is 34.1 Å². The number of hydrogen-bond donors (Lipinski definition) is 2. The third-order valence-electron chi connectivity index (χ3n) is 3.06. The second-order valence-electron chi connectivity index (χ2n) is 4.28. The molecule has 102 valence electrons. The Hall–Kier alpha value is -2.14. The van der Waals surface area contributed by atoms with Gasteiger partial charge in [-0.15, -0.1) is 0 Å². The van der Waals surface area contributed by atoms with Crippen molar-refractivity contribution in [3.05, 3.63) is 57.6 Å². The van der Waals surface area contributed by atoms with Crippen molar-refractivity contribution in [2.75, 3.05) is 0 Å². The molecule has 0 spiro atoms. The first-order chi connectivity index (χ1) is 9.41. The van der Waals surface area contributed by atoms with Gasteiger partial charge in [-0.05, 0) is 41.8 Å². The van der Waals surface area contributed by atoms with Gasteiger partial charge in [0.2, 0.25) is 0 Å². The number of benzene rings is 2. The lowest BCUT2D eigenvalue weighted by atomic mass is 9.92. The summed E-state index contributed by atoms with van der Waals surface area (Å²) in [6.07, 6.45) is 0. The Kier molecular flexibility index (Phi) is 3.90. The molecule has 0 bridgehead atoms. The first-order valence-corrected chi connectivity index (χ1v) is 6.57. The highest BCUT2D eigenvalue weighted by Crippen LogP contribution is 2.29. The molecule has 0 amide bonds. The summed E-state index contributed by atoms with van der Waals surface area (Å²) in [7, 11) is 0. The van der Waals surface area contributed by atoms with Crippen LogP contribution in [0.4, 0.5) is 0 Å². The molecular formula is C15H11BrO4. The summed E-state index contributed by atoms with van der Waals surface area (Å²) in [6, 6.07) is 10.1. The van der Waals surface area contributed by atoms with Crippen molar-refractivity contribution in [3.8, 4) is 11.1 Å². The largest absolute Gasteiger partial charge is 0.478 e. The van der Waals surface area contributed by atoms with Crippen molar-refractivity contribution in [1.29, 1.82) is 0 Å². The zero-order valence-corrected chi connectivity index (χ0v) is 12.1. The summed E-state index contributed by atoms with van der Waals surface area (Å²) in [5.74, 6) is -2.27. The van der Waals surface area contributed by atoms with Crippen LogP contribution >= 0.6 is 15.9 Å². The summed E-state index contributed by atoms with van der Waals surface area (Å²) in [5, 5.41) is 18.4. The lowest BCUT2D eigenvalue weighted by molar-refractivity contribution is 0.0696. The van der Waals surface area contributed by atoms with Crippen molar-refractivity contribution in [1.82, 2.24) is 0 Å². The van der Waals surface area contributed by atoms with Crippen LogP contribution in [0.25, 0.3) is 11.1 Å². The molecule has 0 saturated carbocycles. The number of halogens is 1. The van der Waals surface area contributed by atoms with E-state index in [1.165, 1.54) is 19.1 Å². The molecule has 2 N–H and O–H groups in total. The number of hydrogen-bond acceptors (Lipinski definition) is 2. The van der Waals surface area contributed by atoms with Crippen LogP contribution in [0.2, 0.25) is 0 Å². The number of carboxylic acid groups (broad SMARTS) is 2. The van der Waals surface area contributed by atoms with E-state index in [9.17, 15) is 14.7 Å². The topological polar surface area (TPSA) is 74.6 Å². The minimum absolute atomic E-state index is 0.00302. The van der Waals surface area contributed by atoms with Crippen LogP contribution in [-0.2, 0) is 0 Å². The predicted molar refractivity (Wildman–Crippen MR) is 78.2 cm³/mol. The highest BCUT2D eigenvalue weighted by atomic mass is 79.9. The summed E-state index contributed by atoms with van der Waals surface area (Å²) in [5.41, 5.74) is 1.51. The molecule has 0 atom stereocenters. The molecular weight excluding hydrogens is 324 g/mol. The van der Waals surface area contributed by atoms with Gasteiger partial charge in [0.25, 0.3) is 0 Å². The van der Waals surface area contributed by atoms with Gasteiger partial charge >= 0.3 is 11.9 Å². The van der Waals surface area contributed by atoms with Crippen molar-refractivity contribution in [2.45, 2.75) is 6.92 Å². The monoisotopic (exact) mass is 334 g/mol. The standard InChI is InChI=1S/C15H11BrO4/c1-8-11(14(17)18)6-7-12(13(8)15(19)20)9-2-4-10(16)5-3-9/h2-7H,1H3,(H,17,18)(H,19,20). The Morgan fingerprint density at radius 2 is 1.55 bits per heavy atom. The fourth-order valence-corrected chi connectivity index (χ4v) is 2.35. The van der Waals surface area contributed by atoms with Gasteiger partial charge in [0.15, 0.2) is 0 Å². The van der Waals surface area contributed by atoms with Crippen LogP contribution in [0.3, 0.4) is 0 Å². The maximum Gasteiger partial charge on any atom is 0.336 e. The van der Waals surface area contributed by atoms with E-state index in [0.717, 1.165) is 10.0 Å². The molecule has 0 aromatic heterocycles. The SMILES string of the molecule is Cc1c(C(=O)O)ccc(-c2ccc(Br)cc2)c1C(=O)O. The normalized spacial score (nSPS) is 10.3. The average molecular weight is 335 g/mol. The Morgan fingerprint density at radius 3 is 2.05 bits per heavy atom. The molecule has 2 rings (SSSR count). The van der Waals surface area contributed by atoms with Crippen LogP contribution < -0.4 is 0 Å². The Bertz CT molecular complexity index is 690. The lowest BCUT2D eigenvalue weighted by Gasteiger charge is -2.12. The predicted octanol–water partition coefficient (Wildman–Crippen LogP) is 3.82. The summed E-state index contributed by atoms with van der Waals surface area (Å²) >= 11 is 3.32. The number of carbonyl (C=O) groups is 2. The van der Waals surface area contributed by atoms with E-state index in [1.807, 2.05) is 0 Å². The molecule has 2 aromatic rings. The minimum Gasteiger partial charge on any atom is -0.478 e. The van der Waals surface area contributed by atoms with Crippen molar-refractivity contribution in [3.63, 3.8) is 0 Å². The van der Waals surface area contributed by atoms with E-state index in [2.05, 4.69) is 15.9 Å². The molecule has 0 saturated heterocycles. The van der Waals surface area contributed by atoms with Gasteiger partial charge in [0, 0.05) is 4.47 Å². The quantitative estimate of drug-likeness (QED) is 0.894. The third-order valence-corrected chi connectivity index (χ3v) is 3.59. The molecule has 0 heterocycles. The Morgan fingerprint density at radius 1 is 0.950 bits per heavy atom. The minimum atomic E-state index is -1.14. The average Bonchev–Trinajstić information content (AvgIpc) is 2.38. The fourth-order valence-electron chi connectivity index (χ4n) is 2.09. The smallest absolute Gasteiger partial charge is 0.336 e. The second-order valence-corrected chi connectivity index (χ2v) is 5.19. The maximum absolute atomic E-state index is 11.5. The van der Waals surface area contributed by atoms with E-state index in [1.54, 1.807) is 24.3 Å². The van der Waals surface area contributed by atoms with Crippen molar-refractivity contribution in [2.24, 2.45) is 0 Å². The first-order valence-electron chi connectivity index (χ1n) is 5.78. The zero-order valence-electron chi connectivity index (χ0n) is 10.6. The summed E-state index contributed by atoms with van der Waals surface area (Å²) in [6.45, 7) is 1.51. The molecule has 2 aromatic carbocycles. The van der Waals surface area contributed by atoms with Crippen LogP contribution in [0.5, 0.6) is 0 Å². The van der Waals surface area contributed by atoms with E-state index >= 15 is 0 Å². The third kappa shape index (κ3) is 2.58. The maximum atomic E-state index is 11.5.